The van der Waals surface area contributed by atoms with Gasteiger partial charge < -0.3 is 33.9 Å². The number of para-hydroxylation sites is 1. The molecule has 48 heavy (non-hydrogen) atoms. The number of piperidine rings is 1. The number of sulfonamides is 1. The van der Waals surface area contributed by atoms with Gasteiger partial charge in [0.25, 0.3) is 15.9 Å². The van der Waals surface area contributed by atoms with Gasteiger partial charge >= 0.3 is 6.09 Å². The summed E-state index contributed by atoms with van der Waals surface area (Å²) in [6, 6.07) is 15.7. The smallest absolute Gasteiger partial charge is 0.411 e. The van der Waals surface area contributed by atoms with Crippen LogP contribution in [0.5, 0.6) is 23.0 Å². The summed E-state index contributed by atoms with van der Waals surface area (Å²) >= 11 is 0. The predicted molar refractivity (Wildman–Crippen MR) is 177 cm³/mol. The van der Waals surface area contributed by atoms with E-state index in [0.717, 1.165) is 25.9 Å². The minimum atomic E-state index is -4.66. The van der Waals surface area contributed by atoms with Crippen LogP contribution in [-0.2, 0) is 25.2 Å². The summed E-state index contributed by atoms with van der Waals surface area (Å²) in [5, 5.41) is 3.38. The number of methoxy groups -OCH3 is 4. The molecule has 0 saturated carbocycles. The van der Waals surface area contributed by atoms with E-state index < -0.39 is 27.6 Å². The number of hydrogen-bond acceptors (Lipinski definition) is 11. The SMILES string of the molecule is COc1ccc(S(=O)(=O)N2C(=O)C(OC(=O)N3CCN(C4CCNCC4)CC3)(c3ccccc3OC)c3cc(OC)ccc32)c(OC)c1. The first kappa shape index (κ1) is 33.4. The monoisotopic (exact) mass is 680 g/mol. The lowest BCUT2D eigenvalue weighted by molar-refractivity contribution is -0.132. The Morgan fingerprint density at radius 2 is 1.44 bits per heavy atom. The van der Waals surface area contributed by atoms with Crippen molar-refractivity contribution >= 4 is 27.7 Å². The molecule has 13 nitrogen and oxygen atoms in total. The highest BCUT2D eigenvalue weighted by Crippen LogP contribution is 2.53. The van der Waals surface area contributed by atoms with Gasteiger partial charge in [-0.2, -0.15) is 4.31 Å². The Balaban J connectivity index is 1.46. The summed E-state index contributed by atoms with van der Waals surface area (Å²) in [7, 11) is 0.985. The van der Waals surface area contributed by atoms with Crippen LogP contribution in [0, 0.1) is 0 Å². The number of benzene rings is 3. The fourth-order valence-electron chi connectivity index (χ4n) is 6.78. The molecule has 1 atom stereocenters. The van der Waals surface area contributed by atoms with Crippen molar-refractivity contribution in [1.29, 1.82) is 0 Å². The molecule has 6 rings (SSSR count). The van der Waals surface area contributed by atoms with E-state index >= 15 is 4.79 Å². The highest BCUT2D eigenvalue weighted by atomic mass is 32.2. The van der Waals surface area contributed by atoms with Crippen LogP contribution < -0.4 is 28.6 Å². The van der Waals surface area contributed by atoms with Gasteiger partial charge in [-0.25, -0.2) is 13.2 Å². The minimum Gasteiger partial charge on any atom is -0.497 e. The van der Waals surface area contributed by atoms with Crippen molar-refractivity contribution in [3.63, 3.8) is 0 Å². The Labute approximate surface area is 280 Å². The van der Waals surface area contributed by atoms with Gasteiger partial charge in [0.2, 0.25) is 5.60 Å². The van der Waals surface area contributed by atoms with Gasteiger partial charge in [0, 0.05) is 43.9 Å². The van der Waals surface area contributed by atoms with Gasteiger partial charge in [0.1, 0.15) is 27.9 Å². The molecule has 0 aliphatic carbocycles. The Morgan fingerprint density at radius 3 is 2.10 bits per heavy atom. The molecule has 3 heterocycles. The summed E-state index contributed by atoms with van der Waals surface area (Å²) in [6.45, 7) is 3.99. The van der Waals surface area contributed by atoms with Gasteiger partial charge in [-0.05, 0) is 62.3 Å². The highest BCUT2D eigenvalue weighted by Gasteiger charge is 2.61. The Morgan fingerprint density at radius 1 is 0.792 bits per heavy atom. The van der Waals surface area contributed by atoms with Gasteiger partial charge in [-0.3, -0.25) is 9.69 Å². The maximum atomic E-state index is 15.0. The van der Waals surface area contributed by atoms with Crippen molar-refractivity contribution in [3.8, 4) is 23.0 Å². The Bertz CT molecular complexity index is 1790. The molecule has 1 unspecified atom stereocenters. The van der Waals surface area contributed by atoms with E-state index in [1.165, 1.54) is 58.8 Å². The van der Waals surface area contributed by atoms with Crippen molar-refractivity contribution in [2.45, 2.75) is 29.4 Å². The summed E-state index contributed by atoms with van der Waals surface area (Å²) in [6.07, 6.45) is 1.32. The van der Waals surface area contributed by atoms with Crippen molar-refractivity contribution in [1.82, 2.24) is 15.1 Å². The molecule has 1 N–H and O–H groups in total. The number of hydrogen-bond donors (Lipinski definition) is 1. The number of amides is 2. The van der Waals surface area contributed by atoms with Gasteiger partial charge in [0.05, 0.1) is 39.7 Å². The van der Waals surface area contributed by atoms with Crippen LogP contribution in [0.25, 0.3) is 0 Å². The number of piperazine rings is 1. The van der Waals surface area contributed by atoms with E-state index in [-0.39, 0.29) is 33.2 Å². The number of anilines is 1. The summed E-state index contributed by atoms with van der Waals surface area (Å²) in [4.78, 5) is 32.9. The number of nitrogens with one attached hydrogen (secondary N) is 1. The van der Waals surface area contributed by atoms with E-state index in [2.05, 4.69) is 10.2 Å². The van der Waals surface area contributed by atoms with Crippen molar-refractivity contribution in [2.24, 2.45) is 0 Å². The zero-order valence-electron chi connectivity index (χ0n) is 27.4. The minimum absolute atomic E-state index is 0.00638. The number of nitrogens with zero attached hydrogens (tertiary/aromatic N) is 3. The lowest BCUT2D eigenvalue weighted by Gasteiger charge is -2.41. The molecule has 2 fully saturated rings. The average Bonchev–Trinajstić information content (AvgIpc) is 3.38. The summed E-state index contributed by atoms with van der Waals surface area (Å²) in [5.41, 5.74) is -2.00. The third-order valence-corrected chi connectivity index (χ3v) is 11.0. The normalized spacial score (nSPS) is 20.3. The molecule has 3 aromatic rings. The van der Waals surface area contributed by atoms with Gasteiger partial charge in [-0.1, -0.05) is 18.2 Å². The van der Waals surface area contributed by atoms with Crippen LogP contribution in [0.4, 0.5) is 10.5 Å². The van der Waals surface area contributed by atoms with Crippen LogP contribution in [0.2, 0.25) is 0 Å². The van der Waals surface area contributed by atoms with Crippen molar-refractivity contribution < 1.29 is 41.7 Å². The second-order valence-electron chi connectivity index (χ2n) is 11.7. The van der Waals surface area contributed by atoms with E-state index in [9.17, 15) is 13.2 Å². The molecule has 0 radical (unpaired) electrons. The maximum Gasteiger partial charge on any atom is 0.411 e. The van der Waals surface area contributed by atoms with Crippen LogP contribution >= 0.6 is 0 Å². The zero-order valence-corrected chi connectivity index (χ0v) is 28.2. The summed E-state index contributed by atoms with van der Waals surface area (Å²) < 4.78 is 58.0. The number of rotatable bonds is 9. The molecule has 14 heteroatoms. The molecule has 3 aliphatic rings. The zero-order chi connectivity index (χ0) is 34.1. The number of fused-ring (bicyclic) bond motifs is 1. The number of ether oxygens (including phenoxy) is 5. The molecule has 2 amide bonds. The third-order valence-electron chi connectivity index (χ3n) is 9.30. The van der Waals surface area contributed by atoms with Crippen molar-refractivity contribution in [3.05, 3.63) is 71.8 Å². The Hall–Kier alpha value is -4.53. The molecular weight excluding hydrogens is 640 g/mol. The maximum absolute atomic E-state index is 15.0. The van der Waals surface area contributed by atoms with E-state index in [1.54, 1.807) is 35.2 Å². The third kappa shape index (κ3) is 5.67. The summed E-state index contributed by atoms with van der Waals surface area (Å²) in [5.74, 6) is -0.134. The highest BCUT2D eigenvalue weighted by molar-refractivity contribution is 7.93. The fourth-order valence-corrected chi connectivity index (χ4v) is 8.38. The lowest BCUT2D eigenvalue weighted by atomic mass is 9.86. The first-order chi connectivity index (χ1) is 23.2. The second-order valence-corrected chi connectivity index (χ2v) is 13.5. The van der Waals surface area contributed by atoms with Crippen molar-refractivity contribution in [2.75, 3.05) is 72.0 Å². The van der Waals surface area contributed by atoms with Gasteiger partial charge in [-0.15, -0.1) is 0 Å². The molecule has 0 aromatic heterocycles. The van der Waals surface area contributed by atoms with Crippen LogP contribution in [-0.4, -0.2) is 104 Å². The van der Waals surface area contributed by atoms with Crippen LogP contribution in [0.15, 0.2) is 65.6 Å². The van der Waals surface area contributed by atoms with Crippen LogP contribution in [0.1, 0.15) is 24.0 Å². The molecule has 256 valence electrons. The topological polar surface area (TPSA) is 136 Å². The number of carbonyl (C=O) groups is 2. The molecule has 3 aliphatic heterocycles. The molecule has 2 saturated heterocycles. The standard InChI is InChI=1S/C34H40N4O9S/c1-43-24-9-11-28-27(21-24)34(26-7-5-6-8-29(26)45-3,47-33(40)37-19-17-36(18-20-37)23-13-15-35-16-14-23)32(39)38(28)48(41,42)31-12-10-25(44-2)22-30(31)46-4/h5-12,21-23,35H,13-20H2,1-4H3. The molecular formula is C34H40N4O9S. The van der Waals surface area contributed by atoms with E-state index in [0.29, 0.717) is 48.0 Å². The quantitative estimate of drug-likeness (QED) is 0.357. The first-order valence-corrected chi connectivity index (χ1v) is 17.2. The molecule has 3 aromatic carbocycles. The lowest BCUT2D eigenvalue weighted by Crippen LogP contribution is -2.55. The average molecular weight is 681 g/mol. The molecule has 0 bridgehead atoms. The largest absolute Gasteiger partial charge is 0.497 e. The second kappa shape index (κ2) is 13.5. The first-order valence-electron chi connectivity index (χ1n) is 15.8. The van der Waals surface area contributed by atoms with E-state index in [1.807, 2.05) is 0 Å². The fraction of sp³-hybridized carbons (Fsp3) is 0.412. The number of carbonyl (C=O) groups excluding carboxylic acids is 2. The van der Waals surface area contributed by atoms with Gasteiger partial charge in [0.15, 0.2) is 0 Å². The molecule has 0 spiro atoms. The predicted octanol–water partition coefficient (Wildman–Crippen LogP) is 3.21. The van der Waals surface area contributed by atoms with Crippen LogP contribution in [0.3, 0.4) is 0 Å². The van der Waals surface area contributed by atoms with E-state index in [4.69, 9.17) is 23.7 Å². The Kier molecular flexibility index (Phi) is 9.41.